The van der Waals surface area contributed by atoms with Gasteiger partial charge in [0.2, 0.25) is 0 Å². The zero-order chi connectivity index (χ0) is 16.2. The molecule has 1 unspecified atom stereocenters. The van der Waals surface area contributed by atoms with E-state index in [0.717, 1.165) is 5.69 Å². The Morgan fingerprint density at radius 1 is 1.30 bits per heavy atom. The van der Waals surface area contributed by atoms with Gasteiger partial charge in [-0.3, -0.25) is 9.59 Å². The van der Waals surface area contributed by atoms with Crippen molar-refractivity contribution in [2.24, 2.45) is 0 Å². The highest BCUT2D eigenvalue weighted by atomic mass is 16.5. The monoisotopic (exact) mass is 315 g/mol. The fraction of sp³-hybridized carbons (Fsp3) is 0.312. The minimum absolute atomic E-state index is 0.112. The summed E-state index contributed by atoms with van der Waals surface area (Å²) in [7, 11) is 0. The SMILES string of the molecule is O=C(O)CC1COCCN1C(=O)c1ccc(-n2ccnc2)cc1. The van der Waals surface area contributed by atoms with Crippen molar-refractivity contribution in [1.82, 2.24) is 14.5 Å². The number of aliphatic carboxylic acids is 1. The molecule has 1 aliphatic heterocycles. The van der Waals surface area contributed by atoms with Gasteiger partial charge >= 0.3 is 5.97 Å². The summed E-state index contributed by atoms with van der Waals surface area (Å²) in [5.74, 6) is -1.11. The molecule has 0 saturated carbocycles. The molecular formula is C16H17N3O4. The average Bonchev–Trinajstić information content (AvgIpc) is 3.09. The number of carboxylic acid groups (broad SMARTS) is 1. The Bertz CT molecular complexity index is 682. The third kappa shape index (κ3) is 3.40. The van der Waals surface area contributed by atoms with Gasteiger partial charge in [-0.25, -0.2) is 4.98 Å². The van der Waals surface area contributed by atoms with Crippen molar-refractivity contribution in [3.63, 3.8) is 0 Å². The maximum absolute atomic E-state index is 12.6. The number of nitrogens with zero attached hydrogens (tertiary/aromatic N) is 3. The van der Waals surface area contributed by atoms with Gasteiger partial charge < -0.3 is 19.3 Å². The number of rotatable bonds is 4. The number of carboxylic acids is 1. The number of carbonyl (C=O) groups excluding carboxylic acids is 1. The predicted molar refractivity (Wildman–Crippen MR) is 81.5 cm³/mol. The van der Waals surface area contributed by atoms with Gasteiger partial charge in [-0.15, -0.1) is 0 Å². The van der Waals surface area contributed by atoms with Gasteiger partial charge in [-0.05, 0) is 24.3 Å². The average molecular weight is 315 g/mol. The van der Waals surface area contributed by atoms with E-state index < -0.39 is 12.0 Å². The smallest absolute Gasteiger partial charge is 0.305 e. The summed E-state index contributed by atoms with van der Waals surface area (Å²) < 4.78 is 7.14. The minimum Gasteiger partial charge on any atom is -0.481 e. The van der Waals surface area contributed by atoms with Crippen LogP contribution in [0.1, 0.15) is 16.8 Å². The van der Waals surface area contributed by atoms with Crippen LogP contribution in [-0.2, 0) is 9.53 Å². The van der Waals surface area contributed by atoms with E-state index in [0.29, 0.717) is 18.7 Å². The molecule has 3 rings (SSSR count). The van der Waals surface area contributed by atoms with Crippen molar-refractivity contribution in [2.75, 3.05) is 19.8 Å². The molecule has 7 heteroatoms. The zero-order valence-electron chi connectivity index (χ0n) is 12.5. The van der Waals surface area contributed by atoms with E-state index in [1.54, 1.807) is 29.6 Å². The molecule has 7 nitrogen and oxygen atoms in total. The molecule has 1 aromatic heterocycles. The van der Waals surface area contributed by atoms with Gasteiger partial charge in [0.1, 0.15) is 0 Å². The van der Waals surface area contributed by atoms with Crippen LogP contribution >= 0.6 is 0 Å². The van der Waals surface area contributed by atoms with Crippen molar-refractivity contribution >= 4 is 11.9 Å². The Morgan fingerprint density at radius 2 is 2.09 bits per heavy atom. The van der Waals surface area contributed by atoms with Gasteiger partial charge in [0, 0.05) is 30.2 Å². The molecule has 1 atom stereocenters. The molecule has 0 spiro atoms. The third-order valence-electron chi connectivity index (χ3n) is 3.82. The molecule has 2 aromatic rings. The molecule has 1 saturated heterocycles. The largest absolute Gasteiger partial charge is 0.481 e. The van der Waals surface area contributed by atoms with Crippen LogP contribution in [0.5, 0.6) is 0 Å². The lowest BCUT2D eigenvalue weighted by Gasteiger charge is -2.34. The third-order valence-corrected chi connectivity index (χ3v) is 3.82. The van der Waals surface area contributed by atoms with Crippen LogP contribution in [0, 0.1) is 0 Å². The summed E-state index contributed by atoms with van der Waals surface area (Å²) in [6.07, 6.45) is 5.07. The van der Waals surface area contributed by atoms with E-state index in [4.69, 9.17) is 9.84 Å². The molecule has 1 aliphatic rings. The molecule has 0 radical (unpaired) electrons. The molecule has 2 heterocycles. The Morgan fingerprint density at radius 3 is 2.74 bits per heavy atom. The molecule has 23 heavy (non-hydrogen) atoms. The predicted octanol–water partition coefficient (Wildman–Crippen LogP) is 1.19. The summed E-state index contributed by atoms with van der Waals surface area (Å²) in [5.41, 5.74) is 1.44. The number of amides is 1. The second-order valence-corrected chi connectivity index (χ2v) is 5.34. The van der Waals surface area contributed by atoms with Crippen molar-refractivity contribution in [2.45, 2.75) is 12.5 Å². The van der Waals surface area contributed by atoms with Crippen LogP contribution in [0.4, 0.5) is 0 Å². The van der Waals surface area contributed by atoms with Crippen LogP contribution in [0.2, 0.25) is 0 Å². The Balaban J connectivity index is 1.77. The quantitative estimate of drug-likeness (QED) is 0.916. The molecule has 1 N–H and O–H groups in total. The second-order valence-electron chi connectivity index (χ2n) is 5.34. The molecule has 0 bridgehead atoms. The number of benzene rings is 1. The fourth-order valence-electron chi connectivity index (χ4n) is 2.65. The van der Waals surface area contributed by atoms with Gasteiger partial charge in [0.25, 0.3) is 5.91 Å². The normalized spacial score (nSPS) is 17.9. The first-order valence-corrected chi connectivity index (χ1v) is 7.34. The van der Waals surface area contributed by atoms with Crippen molar-refractivity contribution in [3.8, 4) is 5.69 Å². The number of ether oxygens (including phenoxy) is 1. The highest BCUT2D eigenvalue weighted by Crippen LogP contribution is 2.17. The summed E-state index contributed by atoms with van der Waals surface area (Å²) in [4.78, 5) is 29.2. The summed E-state index contributed by atoms with van der Waals surface area (Å²) in [6.45, 7) is 1.08. The van der Waals surface area contributed by atoms with Crippen LogP contribution < -0.4 is 0 Å². The lowest BCUT2D eigenvalue weighted by molar-refractivity contribution is -0.139. The molecule has 1 amide bonds. The number of carbonyl (C=O) groups is 2. The Labute approximate surface area is 133 Å². The summed E-state index contributed by atoms with van der Waals surface area (Å²) >= 11 is 0. The first-order chi connectivity index (χ1) is 11.1. The maximum atomic E-state index is 12.6. The Kier molecular flexibility index (Phi) is 4.38. The molecule has 1 fully saturated rings. The maximum Gasteiger partial charge on any atom is 0.305 e. The van der Waals surface area contributed by atoms with E-state index in [2.05, 4.69) is 4.98 Å². The minimum atomic E-state index is -0.936. The van der Waals surface area contributed by atoms with E-state index in [-0.39, 0.29) is 18.9 Å². The first-order valence-electron chi connectivity index (χ1n) is 7.34. The lowest BCUT2D eigenvalue weighted by atomic mass is 10.1. The summed E-state index contributed by atoms with van der Waals surface area (Å²) in [6, 6.07) is 6.72. The first kappa shape index (κ1) is 15.2. The standard InChI is InChI=1S/C16H17N3O4/c20-15(21)9-14-10-23-8-7-19(14)16(22)12-1-3-13(4-2-12)18-6-5-17-11-18/h1-6,11,14H,7-10H2,(H,20,21). The second kappa shape index (κ2) is 6.62. The van der Waals surface area contributed by atoms with E-state index in [9.17, 15) is 9.59 Å². The number of hydrogen-bond donors (Lipinski definition) is 1. The molecule has 0 aliphatic carbocycles. The fourth-order valence-corrected chi connectivity index (χ4v) is 2.65. The highest BCUT2D eigenvalue weighted by molar-refractivity contribution is 5.95. The van der Waals surface area contributed by atoms with Crippen molar-refractivity contribution < 1.29 is 19.4 Å². The van der Waals surface area contributed by atoms with Gasteiger partial charge in [-0.2, -0.15) is 0 Å². The number of morpholine rings is 1. The molecule has 1 aromatic carbocycles. The van der Waals surface area contributed by atoms with E-state index in [1.807, 2.05) is 22.9 Å². The van der Waals surface area contributed by atoms with Crippen LogP contribution in [0.25, 0.3) is 5.69 Å². The number of aromatic nitrogens is 2. The molecular weight excluding hydrogens is 298 g/mol. The van der Waals surface area contributed by atoms with Crippen LogP contribution in [-0.4, -0.2) is 57.2 Å². The zero-order valence-corrected chi connectivity index (χ0v) is 12.5. The number of hydrogen-bond acceptors (Lipinski definition) is 4. The van der Waals surface area contributed by atoms with Crippen molar-refractivity contribution in [3.05, 3.63) is 48.5 Å². The van der Waals surface area contributed by atoms with E-state index >= 15 is 0 Å². The van der Waals surface area contributed by atoms with Gasteiger partial charge in [-0.1, -0.05) is 0 Å². The topological polar surface area (TPSA) is 84.7 Å². The van der Waals surface area contributed by atoms with Crippen molar-refractivity contribution in [1.29, 1.82) is 0 Å². The van der Waals surface area contributed by atoms with E-state index in [1.165, 1.54) is 0 Å². The lowest BCUT2D eigenvalue weighted by Crippen LogP contribution is -2.49. The highest BCUT2D eigenvalue weighted by Gasteiger charge is 2.29. The Hall–Kier alpha value is -2.67. The van der Waals surface area contributed by atoms with Gasteiger partial charge in [0.15, 0.2) is 0 Å². The van der Waals surface area contributed by atoms with Gasteiger partial charge in [0.05, 0.1) is 32.0 Å². The number of imidazole rings is 1. The van der Waals surface area contributed by atoms with Crippen LogP contribution in [0.15, 0.2) is 43.0 Å². The van der Waals surface area contributed by atoms with Crippen LogP contribution in [0.3, 0.4) is 0 Å². The molecule has 120 valence electrons. The summed E-state index contributed by atoms with van der Waals surface area (Å²) in [5, 5.41) is 8.98.